The Bertz CT molecular complexity index is 962. The summed E-state index contributed by atoms with van der Waals surface area (Å²) in [5.74, 6) is 2.46. The van der Waals surface area contributed by atoms with Crippen LogP contribution in [0.25, 0.3) is 17.0 Å². The van der Waals surface area contributed by atoms with E-state index in [0.29, 0.717) is 18.0 Å². The van der Waals surface area contributed by atoms with Gasteiger partial charge in [-0.15, -0.1) is 0 Å². The van der Waals surface area contributed by atoms with Gasteiger partial charge in [-0.05, 0) is 37.8 Å². The van der Waals surface area contributed by atoms with Crippen molar-refractivity contribution in [2.24, 2.45) is 0 Å². The molecule has 1 aliphatic carbocycles. The van der Waals surface area contributed by atoms with Crippen LogP contribution in [0, 0.1) is 0 Å². The van der Waals surface area contributed by atoms with Crippen molar-refractivity contribution in [3.63, 3.8) is 0 Å². The molecule has 0 radical (unpaired) electrons. The van der Waals surface area contributed by atoms with Crippen molar-refractivity contribution in [3.8, 4) is 17.1 Å². The highest BCUT2D eigenvalue weighted by Crippen LogP contribution is 2.44. The molecule has 1 saturated carbocycles. The molecule has 1 saturated heterocycles. The summed E-state index contributed by atoms with van der Waals surface area (Å²) in [6.07, 6.45) is 6.54. The molecule has 6 heteroatoms. The summed E-state index contributed by atoms with van der Waals surface area (Å²) < 4.78 is 7.71. The van der Waals surface area contributed by atoms with E-state index in [1.165, 1.54) is 18.4 Å². The molecule has 0 bridgehead atoms. The number of anilines is 1. The zero-order chi connectivity index (χ0) is 17.7. The number of rotatable bonds is 5. The van der Waals surface area contributed by atoms with Crippen molar-refractivity contribution in [1.82, 2.24) is 19.7 Å². The number of hydrogen-bond acceptors (Lipinski definition) is 5. The fourth-order valence-electron chi connectivity index (χ4n) is 3.58. The van der Waals surface area contributed by atoms with Gasteiger partial charge in [-0.25, -0.2) is 9.97 Å². The number of nitrogens with one attached hydrogen (secondary N) is 2. The fourth-order valence-corrected chi connectivity index (χ4v) is 3.58. The number of ether oxygens (including phenoxy) is 1. The van der Waals surface area contributed by atoms with Crippen LogP contribution in [0.15, 0.2) is 36.7 Å². The first-order valence-electron chi connectivity index (χ1n) is 9.25. The molecule has 134 valence electrons. The Kier molecular flexibility index (Phi) is 3.60. The Morgan fingerprint density at radius 3 is 2.88 bits per heavy atom. The van der Waals surface area contributed by atoms with Crippen LogP contribution >= 0.6 is 0 Å². The Morgan fingerprint density at radius 2 is 2.19 bits per heavy atom. The highest BCUT2D eigenvalue weighted by Gasteiger charge is 2.28. The van der Waals surface area contributed by atoms with Gasteiger partial charge in [-0.3, -0.25) is 4.40 Å². The zero-order valence-electron chi connectivity index (χ0n) is 15.1. The van der Waals surface area contributed by atoms with Gasteiger partial charge in [-0.2, -0.15) is 0 Å². The first-order valence-corrected chi connectivity index (χ1v) is 9.25. The molecule has 2 atom stereocenters. The predicted octanol–water partition coefficient (Wildman–Crippen LogP) is 3.05. The maximum Gasteiger partial charge on any atom is 0.140 e. The SMILES string of the molecule is COc1cc2ncc(-c3cccc(N[C@@H]4CN[C@@H]4C)n3)n2cc1C1CC1. The molecule has 0 amide bonds. The van der Waals surface area contributed by atoms with Gasteiger partial charge in [0.05, 0.1) is 30.7 Å². The summed E-state index contributed by atoms with van der Waals surface area (Å²) in [5.41, 5.74) is 4.09. The number of fused-ring (bicyclic) bond motifs is 1. The maximum atomic E-state index is 5.58. The molecular formula is C20H23N5O. The van der Waals surface area contributed by atoms with Gasteiger partial charge in [-0.1, -0.05) is 6.07 Å². The zero-order valence-corrected chi connectivity index (χ0v) is 15.1. The van der Waals surface area contributed by atoms with E-state index >= 15 is 0 Å². The van der Waals surface area contributed by atoms with E-state index in [0.717, 1.165) is 35.1 Å². The predicted molar refractivity (Wildman–Crippen MR) is 102 cm³/mol. The lowest BCUT2D eigenvalue weighted by molar-refractivity contribution is 0.355. The Labute approximate surface area is 152 Å². The molecule has 26 heavy (non-hydrogen) atoms. The highest BCUT2D eigenvalue weighted by molar-refractivity contribution is 5.64. The molecule has 0 aromatic carbocycles. The minimum atomic E-state index is 0.436. The van der Waals surface area contributed by atoms with E-state index < -0.39 is 0 Å². The molecule has 1 aliphatic heterocycles. The van der Waals surface area contributed by atoms with Gasteiger partial charge in [0.15, 0.2) is 0 Å². The van der Waals surface area contributed by atoms with E-state index in [9.17, 15) is 0 Å². The van der Waals surface area contributed by atoms with E-state index in [4.69, 9.17) is 9.72 Å². The van der Waals surface area contributed by atoms with Gasteiger partial charge >= 0.3 is 0 Å². The first-order chi connectivity index (χ1) is 12.7. The largest absolute Gasteiger partial charge is 0.496 e. The number of aromatic nitrogens is 3. The molecule has 4 heterocycles. The molecule has 5 rings (SSSR count). The van der Waals surface area contributed by atoms with Crippen LogP contribution in [-0.2, 0) is 0 Å². The van der Waals surface area contributed by atoms with Gasteiger partial charge in [0.2, 0.25) is 0 Å². The molecule has 2 aliphatic rings. The molecule has 0 spiro atoms. The van der Waals surface area contributed by atoms with Gasteiger partial charge < -0.3 is 15.4 Å². The number of imidazole rings is 1. The smallest absolute Gasteiger partial charge is 0.140 e. The second-order valence-corrected chi connectivity index (χ2v) is 7.30. The van der Waals surface area contributed by atoms with E-state index in [-0.39, 0.29) is 0 Å². The summed E-state index contributed by atoms with van der Waals surface area (Å²) in [5, 5.41) is 6.88. The van der Waals surface area contributed by atoms with Crippen LogP contribution in [0.1, 0.15) is 31.2 Å². The van der Waals surface area contributed by atoms with Gasteiger partial charge in [0, 0.05) is 30.4 Å². The van der Waals surface area contributed by atoms with Crippen LogP contribution in [0.3, 0.4) is 0 Å². The monoisotopic (exact) mass is 349 g/mol. The molecule has 0 unspecified atom stereocenters. The van der Waals surface area contributed by atoms with Crippen LogP contribution < -0.4 is 15.4 Å². The lowest BCUT2D eigenvalue weighted by Crippen LogP contribution is -2.59. The molecule has 3 aromatic rings. The summed E-state index contributed by atoms with van der Waals surface area (Å²) >= 11 is 0. The fraction of sp³-hybridized carbons (Fsp3) is 0.400. The topological polar surface area (TPSA) is 63.5 Å². The maximum absolute atomic E-state index is 5.58. The van der Waals surface area contributed by atoms with Crippen molar-refractivity contribution in [2.75, 3.05) is 19.0 Å². The van der Waals surface area contributed by atoms with E-state index in [1.54, 1.807) is 7.11 Å². The van der Waals surface area contributed by atoms with Gasteiger partial charge in [0.25, 0.3) is 0 Å². The summed E-state index contributed by atoms with van der Waals surface area (Å²) in [6, 6.07) is 9.05. The molecular weight excluding hydrogens is 326 g/mol. The second-order valence-electron chi connectivity index (χ2n) is 7.30. The lowest BCUT2D eigenvalue weighted by Gasteiger charge is -2.36. The average molecular weight is 349 g/mol. The minimum absolute atomic E-state index is 0.436. The van der Waals surface area contributed by atoms with Crippen LogP contribution in [0.2, 0.25) is 0 Å². The Morgan fingerprint density at radius 1 is 1.31 bits per heavy atom. The average Bonchev–Trinajstić information content (AvgIpc) is 3.43. The number of methoxy groups -OCH3 is 1. The third-order valence-electron chi connectivity index (χ3n) is 5.48. The standard InChI is InChI=1S/C20H23N5O/c1-12-16(9-21-12)24-19-5-3-4-15(23-19)17-10-22-20-8-18(26-2)14(11-25(17)20)13-6-7-13/h3-5,8,10-13,16,21H,6-7,9H2,1-2H3,(H,23,24)/t12-,16-/m1/s1. The third-order valence-corrected chi connectivity index (χ3v) is 5.48. The number of hydrogen-bond donors (Lipinski definition) is 2. The minimum Gasteiger partial charge on any atom is -0.496 e. The second kappa shape index (κ2) is 5.99. The molecule has 3 aromatic heterocycles. The molecule has 6 nitrogen and oxygen atoms in total. The summed E-state index contributed by atoms with van der Waals surface area (Å²) in [6.45, 7) is 3.16. The number of pyridine rings is 2. The summed E-state index contributed by atoms with van der Waals surface area (Å²) in [4.78, 5) is 9.39. The Hall–Kier alpha value is -2.60. The Balaban J connectivity index is 1.53. The first kappa shape index (κ1) is 15.6. The van der Waals surface area contributed by atoms with Crippen molar-refractivity contribution in [3.05, 3.63) is 42.2 Å². The molecule has 2 fully saturated rings. The van der Waals surface area contributed by atoms with E-state index in [1.807, 2.05) is 30.5 Å². The van der Waals surface area contributed by atoms with Crippen LogP contribution in [0.5, 0.6) is 5.75 Å². The van der Waals surface area contributed by atoms with Gasteiger partial charge in [0.1, 0.15) is 17.2 Å². The third kappa shape index (κ3) is 2.61. The van der Waals surface area contributed by atoms with Crippen molar-refractivity contribution in [1.29, 1.82) is 0 Å². The van der Waals surface area contributed by atoms with Crippen LogP contribution in [0.4, 0.5) is 5.82 Å². The van der Waals surface area contributed by atoms with E-state index in [2.05, 4.69) is 33.1 Å². The lowest BCUT2D eigenvalue weighted by atomic mass is 10.0. The van der Waals surface area contributed by atoms with Crippen molar-refractivity contribution in [2.45, 2.75) is 37.8 Å². The highest BCUT2D eigenvalue weighted by atomic mass is 16.5. The normalized spacial score (nSPS) is 22.2. The molecule has 2 N–H and O–H groups in total. The summed E-state index contributed by atoms with van der Waals surface area (Å²) in [7, 11) is 1.73. The number of nitrogens with zero attached hydrogens (tertiary/aromatic N) is 3. The van der Waals surface area contributed by atoms with Crippen molar-refractivity contribution < 1.29 is 4.74 Å². The van der Waals surface area contributed by atoms with Crippen LogP contribution in [-0.4, -0.2) is 40.1 Å². The van der Waals surface area contributed by atoms with Crippen molar-refractivity contribution >= 4 is 11.5 Å². The quantitative estimate of drug-likeness (QED) is 0.741.